The molecule has 1 saturated heterocycles. The number of thiazole rings is 1. The fourth-order valence-electron chi connectivity index (χ4n) is 2.87. The molecule has 27 heavy (non-hydrogen) atoms. The summed E-state index contributed by atoms with van der Waals surface area (Å²) in [6.07, 6.45) is 4.16. The molecule has 3 heterocycles. The Labute approximate surface area is 161 Å². The Balaban J connectivity index is 1.27. The van der Waals surface area contributed by atoms with Gasteiger partial charge in [-0.25, -0.2) is 4.98 Å². The minimum Gasteiger partial charge on any atom is -0.491 e. The first-order valence-corrected chi connectivity index (χ1v) is 9.77. The van der Waals surface area contributed by atoms with Crippen molar-refractivity contribution >= 4 is 22.9 Å². The van der Waals surface area contributed by atoms with E-state index in [0.29, 0.717) is 12.4 Å². The summed E-state index contributed by atoms with van der Waals surface area (Å²) in [6, 6.07) is 11.0. The number of carbonyl (C=O) groups is 1. The van der Waals surface area contributed by atoms with E-state index in [0.717, 1.165) is 41.6 Å². The fourth-order valence-corrected chi connectivity index (χ4v) is 3.66. The van der Waals surface area contributed by atoms with Gasteiger partial charge in [0.05, 0.1) is 24.5 Å². The number of rotatable bonds is 7. The highest BCUT2D eigenvalue weighted by atomic mass is 32.1. The maximum absolute atomic E-state index is 12.2. The van der Waals surface area contributed by atoms with Crippen molar-refractivity contribution in [3.05, 3.63) is 53.7 Å². The lowest BCUT2D eigenvalue weighted by Gasteiger charge is -2.12. The predicted molar refractivity (Wildman–Crippen MR) is 103 cm³/mol. The first-order valence-electron chi connectivity index (χ1n) is 8.89. The van der Waals surface area contributed by atoms with Crippen LogP contribution >= 0.6 is 11.3 Å². The summed E-state index contributed by atoms with van der Waals surface area (Å²) < 4.78 is 16.6. The van der Waals surface area contributed by atoms with Crippen molar-refractivity contribution in [3.8, 4) is 16.5 Å². The number of amides is 1. The van der Waals surface area contributed by atoms with E-state index < -0.39 is 0 Å². The molecule has 1 fully saturated rings. The Kier molecular flexibility index (Phi) is 5.50. The molecule has 1 aliphatic rings. The molecule has 0 spiro atoms. The van der Waals surface area contributed by atoms with Gasteiger partial charge in [-0.1, -0.05) is 0 Å². The van der Waals surface area contributed by atoms with Gasteiger partial charge in [0, 0.05) is 17.7 Å². The summed E-state index contributed by atoms with van der Waals surface area (Å²) >= 11 is 1.46. The monoisotopic (exact) mass is 384 g/mol. The minimum absolute atomic E-state index is 0.112. The highest BCUT2D eigenvalue weighted by Gasteiger charge is 2.16. The van der Waals surface area contributed by atoms with Gasteiger partial charge in [0.25, 0.3) is 0 Å². The van der Waals surface area contributed by atoms with Gasteiger partial charge in [-0.05, 0) is 49.2 Å². The number of aromatic nitrogens is 1. The standard InChI is InChI=1S/C20H20N2O4S/c23-19(11-15-13-27-20(22-15)18-4-2-10-25-18)21-14-5-7-16(8-6-14)26-12-17-3-1-9-24-17/h2,4-8,10,13,17H,1,3,9,11-12H2,(H,21,23). The van der Waals surface area contributed by atoms with Crippen LogP contribution in [0.1, 0.15) is 18.5 Å². The van der Waals surface area contributed by atoms with Gasteiger partial charge < -0.3 is 19.2 Å². The minimum atomic E-state index is -0.112. The summed E-state index contributed by atoms with van der Waals surface area (Å²) in [5.74, 6) is 1.37. The van der Waals surface area contributed by atoms with Crippen LogP contribution in [-0.2, 0) is 16.0 Å². The van der Waals surface area contributed by atoms with Crippen LogP contribution in [0.2, 0.25) is 0 Å². The van der Waals surface area contributed by atoms with Crippen LogP contribution in [0.3, 0.4) is 0 Å². The van der Waals surface area contributed by atoms with Crippen LogP contribution in [-0.4, -0.2) is 30.2 Å². The van der Waals surface area contributed by atoms with E-state index in [1.165, 1.54) is 11.3 Å². The van der Waals surface area contributed by atoms with Crippen molar-refractivity contribution in [1.82, 2.24) is 4.98 Å². The van der Waals surface area contributed by atoms with Crippen LogP contribution in [0.15, 0.2) is 52.5 Å². The molecule has 140 valence electrons. The molecule has 1 amide bonds. The Bertz CT molecular complexity index is 868. The highest BCUT2D eigenvalue weighted by Crippen LogP contribution is 2.24. The Morgan fingerprint density at radius 2 is 2.19 bits per heavy atom. The van der Waals surface area contributed by atoms with Gasteiger partial charge in [0.2, 0.25) is 5.91 Å². The molecule has 7 heteroatoms. The maximum Gasteiger partial charge on any atom is 0.230 e. The van der Waals surface area contributed by atoms with Crippen molar-refractivity contribution in [2.45, 2.75) is 25.4 Å². The Hall–Kier alpha value is -2.64. The third kappa shape index (κ3) is 4.75. The number of nitrogens with zero attached hydrogens (tertiary/aromatic N) is 1. The van der Waals surface area contributed by atoms with Crippen molar-refractivity contribution in [1.29, 1.82) is 0 Å². The zero-order valence-corrected chi connectivity index (χ0v) is 15.5. The molecule has 2 aromatic heterocycles. The second-order valence-electron chi connectivity index (χ2n) is 6.32. The summed E-state index contributed by atoms with van der Waals surface area (Å²) in [4.78, 5) is 16.7. The number of furan rings is 1. The molecule has 1 aliphatic heterocycles. The van der Waals surface area contributed by atoms with Gasteiger partial charge >= 0.3 is 0 Å². The summed E-state index contributed by atoms with van der Waals surface area (Å²) in [7, 11) is 0. The van der Waals surface area contributed by atoms with Crippen molar-refractivity contribution in [2.75, 3.05) is 18.5 Å². The van der Waals surface area contributed by atoms with Gasteiger partial charge in [0.1, 0.15) is 12.4 Å². The number of carbonyl (C=O) groups excluding carboxylic acids is 1. The Morgan fingerprint density at radius 3 is 2.93 bits per heavy atom. The van der Waals surface area contributed by atoms with Gasteiger partial charge in [-0.15, -0.1) is 11.3 Å². The topological polar surface area (TPSA) is 73.6 Å². The van der Waals surface area contributed by atoms with Crippen molar-refractivity contribution in [2.24, 2.45) is 0 Å². The lowest BCUT2D eigenvalue weighted by Crippen LogP contribution is -2.16. The lowest BCUT2D eigenvalue weighted by molar-refractivity contribution is -0.115. The van der Waals surface area contributed by atoms with Gasteiger partial charge in [-0.2, -0.15) is 0 Å². The zero-order valence-electron chi connectivity index (χ0n) is 14.7. The van der Waals surface area contributed by atoms with Crippen LogP contribution in [0.25, 0.3) is 10.8 Å². The normalized spacial score (nSPS) is 16.4. The van der Waals surface area contributed by atoms with Crippen LogP contribution in [0.4, 0.5) is 5.69 Å². The van der Waals surface area contributed by atoms with Crippen molar-refractivity contribution in [3.63, 3.8) is 0 Å². The average Bonchev–Trinajstić information content (AvgIpc) is 3.43. The molecule has 1 unspecified atom stereocenters. The summed E-state index contributed by atoms with van der Waals surface area (Å²) in [5.41, 5.74) is 1.45. The second kappa shape index (κ2) is 8.37. The summed E-state index contributed by atoms with van der Waals surface area (Å²) in [5, 5.41) is 5.53. The molecule has 4 rings (SSSR count). The van der Waals surface area contributed by atoms with E-state index in [1.54, 1.807) is 6.26 Å². The number of benzene rings is 1. The number of hydrogen-bond acceptors (Lipinski definition) is 6. The predicted octanol–water partition coefficient (Wildman–Crippen LogP) is 4.14. The smallest absolute Gasteiger partial charge is 0.230 e. The fraction of sp³-hybridized carbons (Fsp3) is 0.300. The van der Waals surface area contributed by atoms with Gasteiger partial charge in [0.15, 0.2) is 10.8 Å². The van der Waals surface area contributed by atoms with E-state index in [2.05, 4.69) is 10.3 Å². The van der Waals surface area contributed by atoms with E-state index in [4.69, 9.17) is 13.9 Å². The van der Waals surface area contributed by atoms with E-state index in [1.807, 2.05) is 41.8 Å². The Morgan fingerprint density at radius 1 is 1.30 bits per heavy atom. The molecule has 3 aromatic rings. The SMILES string of the molecule is O=C(Cc1csc(-c2ccco2)n1)Nc1ccc(OCC2CCCO2)cc1. The molecule has 0 bridgehead atoms. The molecule has 0 saturated carbocycles. The number of anilines is 1. The van der Waals surface area contributed by atoms with Crippen LogP contribution in [0, 0.1) is 0 Å². The van der Waals surface area contributed by atoms with Gasteiger partial charge in [-0.3, -0.25) is 4.79 Å². The van der Waals surface area contributed by atoms with Crippen LogP contribution in [0.5, 0.6) is 5.75 Å². The van der Waals surface area contributed by atoms with E-state index in [9.17, 15) is 4.79 Å². The average molecular weight is 384 g/mol. The molecule has 1 N–H and O–H groups in total. The van der Waals surface area contributed by atoms with Crippen LogP contribution < -0.4 is 10.1 Å². The molecule has 0 radical (unpaired) electrons. The highest BCUT2D eigenvalue weighted by molar-refractivity contribution is 7.13. The largest absolute Gasteiger partial charge is 0.491 e. The third-order valence-corrected chi connectivity index (χ3v) is 5.13. The quantitative estimate of drug-likeness (QED) is 0.663. The summed E-state index contributed by atoms with van der Waals surface area (Å²) in [6.45, 7) is 1.38. The zero-order chi connectivity index (χ0) is 18.5. The molecule has 1 atom stereocenters. The van der Waals surface area contributed by atoms with Crippen molar-refractivity contribution < 1.29 is 18.7 Å². The first kappa shape index (κ1) is 17.8. The first-order chi connectivity index (χ1) is 13.3. The van der Waals surface area contributed by atoms with E-state index in [-0.39, 0.29) is 18.4 Å². The second-order valence-corrected chi connectivity index (χ2v) is 7.17. The molecule has 0 aliphatic carbocycles. The molecular formula is C20H20N2O4S. The molecule has 1 aromatic carbocycles. The molecule has 6 nitrogen and oxygen atoms in total. The number of nitrogens with one attached hydrogen (secondary N) is 1. The third-order valence-electron chi connectivity index (χ3n) is 4.22. The maximum atomic E-state index is 12.2. The van der Waals surface area contributed by atoms with E-state index >= 15 is 0 Å². The number of ether oxygens (including phenoxy) is 2. The lowest BCUT2D eigenvalue weighted by atomic mass is 10.2. The number of hydrogen-bond donors (Lipinski definition) is 1. The molecular weight excluding hydrogens is 364 g/mol.